The Morgan fingerprint density at radius 1 is 1.55 bits per heavy atom. The molecule has 1 saturated heterocycles. The average Bonchev–Trinajstić information content (AvgIpc) is 2.96. The summed E-state index contributed by atoms with van der Waals surface area (Å²) < 4.78 is 26.8. The Hall–Kier alpha value is -0.920. The van der Waals surface area contributed by atoms with E-state index < -0.39 is 16.0 Å². The molecule has 5 nitrogen and oxygen atoms in total. The van der Waals surface area contributed by atoms with Crippen molar-refractivity contribution < 1.29 is 18.3 Å². The minimum absolute atomic E-state index is 0.0212. The SMILES string of the molecule is CCCC1CCN(S(=O)(=O)c2c(C)csc2C(=O)O)C1. The molecule has 1 aliphatic heterocycles. The number of aryl methyl sites for hydroxylation is 1. The molecule has 1 atom stereocenters. The number of carboxylic acid groups (broad SMARTS) is 1. The van der Waals surface area contributed by atoms with Crippen LogP contribution < -0.4 is 0 Å². The second-order valence-corrected chi connectivity index (χ2v) is 7.94. The molecule has 0 saturated carbocycles. The van der Waals surface area contributed by atoms with E-state index in [0.29, 0.717) is 24.6 Å². The van der Waals surface area contributed by atoms with E-state index >= 15 is 0 Å². The predicted octanol–water partition coefficient (Wildman–Crippen LogP) is 2.57. The third kappa shape index (κ3) is 2.75. The maximum atomic E-state index is 12.7. The number of sulfonamides is 1. The van der Waals surface area contributed by atoms with Gasteiger partial charge in [-0.05, 0) is 36.6 Å². The van der Waals surface area contributed by atoms with Crippen LogP contribution in [0.5, 0.6) is 0 Å². The first kappa shape index (κ1) is 15.5. The Kier molecular flexibility index (Phi) is 4.51. The first-order chi connectivity index (χ1) is 9.37. The van der Waals surface area contributed by atoms with Crippen LogP contribution in [0.4, 0.5) is 0 Å². The van der Waals surface area contributed by atoms with Gasteiger partial charge < -0.3 is 5.11 Å². The second-order valence-electron chi connectivity index (χ2n) is 5.19. The third-order valence-corrected chi connectivity index (χ3v) is 6.92. The van der Waals surface area contributed by atoms with Crippen molar-refractivity contribution in [2.45, 2.75) is 38.0 Å². The Morgan fingerprint density at radius 3 is 2.85 bits per heavy atom. The molecule has 1 aliphatic rings. The molecule has 1 aromatic heterocycles. The van der Waals surface area contributed by atoms with Crippen LogP contribution in [0.1, 0.15) is 41.4 Å². The maximum Gasteiger partial charge on any atom is 0.347 e. The van der Waals surface area contributed by atoms with Crippen molar-refractivity contribution in [3.05, 3.63) is 15.8 Å². The lowest BCUT2D eigenvalue weighted by molar-refractivity contribution is 0.0698. The third-order valence-electron chi connectivity index (χ3n) is 3.66. The molecule has 112 valence electrons. The van der Waals surface area contributed by atoms with E-state index in [1.54, 1.807) is 12.3 Å². The van der Waals surface area contributed by atoms with E-state index in [9.17, 15) is 13.2 Å². The van der Waals surface area contributed by atoms with Gasteiger partial charge in [0.05, 0.1) is 0 Å². The molecule has 0 radical (unpaired) electrons. The number of carboxylic acids is 1. The van der Waals surface area contributed by atoms with Crippen LogP contribution in [0, 0.1) is 12.8 Å². The second kappa shape index (κ2) is 5.83. The molecule has 0 aliphatic carbocycles. The number of nitrogens with zero attached hydrogens (tertiary/aromatic N) is 1. The van der Waals surface area contributed by atoms with Crippen LogP contribution in [-0.4, -0.2) is 36.9 Å². The van der Waals surface area contributed by atoms with Crippen molar-refractivity contribution in [3.63, 3.8) is 0 Å². The van der Waals surface area contributed by atoms with E-state index in [1.807, 2.05) is 0 Å². The largest absolute Gasteiger partial charge is 0.477 e. The lowest BCUT2D eigenvalue weighted by Crippen LogP contribution is -2.30. The molecular weight excluding hydrogens is 298 g/mol. The maximum absolute atomic E-state index is 12.7. The zero-order valence-electron chi connectivity index (χ0n) is 11.6. The first-order valence-corrected chi connectivity index (χ1v) is 9.01. The van der Waals surface area contributed by atoms with Crippen molar-refractivity contribution in [2.24, 2.45) is 5.92 Å². The molecule has 1 aromatic rings. The highest BCUT2D eigenvalue weighted by molar-refractivity contribution is 7.89. The standard InChI is InChI=1S/C13H19NO4S2/c1-3-4-10-5-6-14(7-10)20(17,18)12-9(2)8-19-11(12)13(15)16/h8,10H,3-7H2,1-2H3,(H,15,16). The van der Waals surface area contributed by atoms with Crippen molar-refractivity contribution >= 4 is 27.3 Å². The summed E-state index contributed by atoms with van der Waals surface area (Å²) in [7, 11) is -3.69. The molecule has 2 heterocycles. The van der Waals surface area contributed by atoms with Crippen LogP contribution in [0.2, 0.25) is 0 Å². The highest BCUT2D eigenvalue weighted by Crippen LogP contribution is 2.33. The first-order valence-electron chi connectivity index (χ1n) is 6.69. The summed E-state index contributed by atoms with van der Waals surface area (Å²) in [6.07, 6.45) is 2.91. The fraction of sp³-hybridized carbons (Fsp3) is 0.615. The van der Waals surface area contributed by atoms with Crippen LogP contribution in [0.15, 0.2) is 10.3 Å². The van der Waals surface area contributed by atoms with Crippen LogP contribution in [0.25, 0.3) is 0 Å². The van der Waals surface area contributed by atoms with Gasteiger partial charge in [0.1, 0.15) is 9.77 Å². The number of carbonyl (C=O) groups is 1. The lowest BCUT2D eigenvalue weighted by atomic mass is 10.0. The number of aromatic carboxylic acids is 1. The number of rotatable bonds is 5. The van der Waals surface area contributed by atoms with Gasteiger partial charge in [0.15, 0.2) is 0 Å². The minimum atomic E-state index is -3.69. The fourth-order valence-corrected chi connectivity index (χ4v) is 5.80. The fourth-order valence-electron chi connectivity index (χ4n) is 2.69. The Labute approximate surface area is 123 Å². The van der Waals surface area contributed by atoms with Gasteiger partial charge in [-0.2, -0.15) is 4.31 Å². The van der Waals surface area contributed by atoms with Gasteiger partial charge in [-0.15, -0.1) is 11.3 Å². The quantitative estimate of drug-likeness (QED) is 0.905. The summed E-state index contributed by atoms with van der Waals surface area (Å²) in [5.41, 5.74) is 0.520. The molecule has 0 spiro atoms. The Balaban J connectivity index is 2.32. The molecule has 0 amide bonds. The zero-order chi connectivity index (χ0) is 14.9. The smallest absolute Gasteiger partial charge is 0.347 e. The Morgan fingerprint density at radius 2 is 2.25 bits per heavy atom. The van der Waals surface area contributed by atoms with Crippen molar-refractivity contribution in [2.75, 3.05) is 13.1 Å². The molecule has 0 aromatic carbocycles. The minimum Gasteiger partial charge on any atom is -0.477 e. The van der Waals surface area contributed by atoms with Gasteiger partial charge in [-0.25, -0.2) is 13.2 Å². The van der Waals surface area contributed by atoms with Crippen LogP contribution in [-0.2, 0) is 10.0 Å². The van der Waals surface area contributed by atoms with E-state index in [4.69, 9.17) is 5.11 Å². The van der Waals surface area contributed by atoms with Gasteiger partial charge in [0.2, 0.25) is 10.0 Å². The van der Waals surface area contributed by atoms with E-state index in [2.05, 4.69) is 6.92 Å². The normalized spacial score (nSPS) is 20.4. The number of hydrogen-bond donors (Lipinski definition) is 1. The molecule has 1 N–H and O–H groups in total. The number of hydrogen-bond acceptors (Lipinski definition) is 4. The highest BCUT2D eigenvalue weighted by atomic mass is 32.2. The lowest BCUT2D eigenvalue weighted by Gasteiger charge is -2.17. The van der Waals surface area contributed by atoms with Crippen molar-refractivity contribution in [3.8, 4) is 0 Å². The molecule has 1 unspecified atom stereocenters. The van der Waals surface area contributed by atoms with E-state index in [0.717, 1.165) is 30.6 Å². The van der Waals surface area contributed by atoms with Crippen molar-refractivity contribution in [1.29, 1.82) is 0 Å². The molecular formula is C13H19NO4S2. The van der Waals surface area contributed by atoms with Gasteiger partial charge in [0.25, 0.3) is 0 Å². The van der Waals surface area contributed by atoms with E-state index in [1.165, 1.54) is 4.31 Å². The van der Waals surface area contributed by atoms with Crippen LogP contribution >= 0.6 is 11.3 Å². The molecule has 0 bridgehead atoms. The highest BCUT2D eigenvalue weighted by Gasteiger charge is 2.36. The summed E-state index contributed by atoms with van der Waals surface area (Å²) in [5, 5.41) is 10.7. The summed E-state index contributed by atoms with van der Waals surface area (Å²) >= 11 is 0.976. The Bertz CT molecular complexity index is 606. The van der Waals surface area contributed by atoms with Gasteiger partial charge in [-0.3, -0.25) is 0 Å². The van der Waals surface area contributed by atoms with E-state index in [-0.39, 0.29) is 9.77 Å². The molecule has 1 fully saturated rings. The van der Waals surface area contributed by atoms with Gasteiger partial charge in [0, 0.05) is 13.1 Å². The van der Waals surface area contributed by atoms with Gasteiger partial charge >= 0.3 is 5.97 Å². The molecule has 20 heavy (non-hydrogen) atoms. The van der Waals surface area contributed by atoms with Crippen molar-refractivity contribution in [1.82, 2.24) is 4.31 Å². The predicted molar refractivity (Wildman–Crippen MR) is 77.8 cm³/mol. The van der Waals surface area contributed by atoms with Gasteiger partial charge in [-0.1, -0.05) is 13.3 Å². The topological polar surface area (TPSA) is 74.7 Å². The molecule has 7 heteroatoms. The molecule has 2 rings (SSSR count). The van der Waals surface area contributed by atoms with Crippen LogP contribution in [0.3, 0.4) is 0 Å². The average molecular weight is 317 g/mol. The summed E-state index contributed by atoms with van der Waals surface area (Å²) in [6, 6.07) is 0. The zero-order valence-corrected chi connectivity index (χ0v) is 13.3. The summed E-state index contributed by atoms with van der Waals surface area (Å²) in [5.74, 6) is -0.784. The number of thiophene rings is 1. The summed E-state index contributed by atoms with van der Waals surface area (Å²) in [4.78, 5) is 11.1. The monoisotopic (exact) mass is 317 g/mol. The summed E-state index contributed by atoms with van der Waals surface area (Å²) in [6.45, 7) is 4.73.